The zero-order chi connectivity index (χ0) is 22.7. The van der Waals surface area contributed by atoms with Crippen molar-refractivity contribution < 1.29 is 19.8 Å². The van der Waals surface area contributed by atoms with E-state index in [1.165, 1.54) is 4.90 Å². The third-order valence-corrected chi connectivity index (χ3v) is 5.76. The molecule has 0 bridgehead atoms. The molecule has 2 amide bonds. The zero-order valence-electron chi connectivity index (χ0n) is 17.7. The van der Waals surface area contributed by atoms with Crippen molar-refractivity contribution in [3.8, 4) is 11.1 Å². The van der Waals surface area contributed by atoms with Crippen LogP contribution in [0, 0.1) is 0 Å². The molecule has 1 aliphatic heterocycles. The van der Waals surface area contributed by atoms with Crippen molar-refractivity contribution in [1.82, 2.24) is 15.2 Å². The minimum Gasteiger partial charge on any atom is -0.380 e. The van der Waals surface area contributed by atoms with E-state index >= 15 is 0 Å². The summed E-state index contributed by atoms with van der Waals surface area (Å²) in [7, 11) is 0. The number of aromatic nitrogens is 1. The maximum atomic E-state index is 12.6. The maximum Gasteiger partial charge on any atom is 0.255 e. The van der Waals surface area contributed by atoms with Gasteiger partial charge in [0.1, 0.15) is 0 Å². The summed E-state index contributed by atoms with van der Waals surface area (Å²) in [4.78, 5) is 30.6. The number of carbonyl (C=O) groups excluding carboxylic acids is 2. The van der Waals surface area contributed by atoms with Crippen LogP contribution in [0.1, 0.15) is 29.7 Å². The molecule has 0 unspecified atom stereocenters. The van der Waals surface area contributed by atoms with Crippen molar-refractivity contribution in [2.45, 2.75) is 38.3 Å². The van der Waals surface area contributed by atoms with Crippen LogP contribution in [-0.2, 0) is 22.7 Å². The molecule has 2 heterocycles. The molecule has 0 spiro atoms. The summed E-state index contributed by atoms with van der Waals surface area (Å²) in [6.07, 6.45) is -0.239. The second-order valence-electron chi connectivity index (χ2n) is 7.94. The Bertz CT molecular complexity index is 1080. The monoisotopic (exact) mass is 431 g/mol. The van der Waals surface area contributed by atoms with E-state index in [-0.39, 0.29) is 0 Å². The Morgan fingerprint density at radius 2 is 1.44 bits per heavy atom. The van der Waals surface area contributed by atoms with Crippen LogP contribution in [0.5, 0.6) is 0 Å². The first-order chi connectivity index (χ1) is 15.4. The number of hydrogen-bond donors (Lipinski definition) is 3. The molecule has 1 aliphatic rings. The van der Waals surface area contributed by atoms with Gasteiger partial charge in [-0.05, 0) is 46.9 Å². The molecule has 0 aliphatic carbocycles. The highest BCUT2D eigenvalue weighted by Crippen LogP contribution is 2.24. The van der Waals surface area contributed by atoms with Gasteiger partial charge in [-0.2, -0.15) is 0 Å². The molecule has 0 saturated heterocycles. The number of benzene rings is 2. The highest BCUT2D eigenvalue weighted by molar-refractivity contribution is 5.91. The third-order valence-electron chi connectivity index (χ3n) is 5.76. The molecule has 2 aromatic carbocycles. The molecule has 7 nitrogen and oxygen atoms in total. The van der Waals surface area contributed by atoms with Crippen LogP contribution in [0.3, 0.4) is 0 Å². The van der Waals surface area contributed by atoms with E-state index in [4.69, 9.17) is 0 Å². The second kappa shape index (κ2) is 9.30. The first-order valence-corrected chi connectivity index (χ1v) is 10.5. The van der Waals surface area contributed by atoms with Gasteiger partial charge < -0.3 is 20.4 Å². The Balaban J connectivity index is 1.35. The van der Waals surface area contributed by atoms with Crippen molar-refractivity contribution in [2.24, 2.45) is 0 Å². The molecule has 3 atom stereocenters. The Morgan fingerprint density at radius 1 is 0.875 bits per heavy atom. The predicted molar refractivity (Wildman–Crippen MR) is 119 cm³/mol. The SMILES string of the molecule is C[C@@H](NC(=O)[C@H](O)[C@@H](O)C(=O)N1Cc2ccccc2C1)c1ccc(-c2ccncc2)cc1. The number of carbonyl (C=O) groups is 2. The molecule has 0 fully saturated rings. The van der Waals surface area contributed by atoms with Crippen LogP contribution in [0.4, 0.5) is 0 Å². The molecule has 7 heteroatoms. The Labute approximate surface area is 186 Å². The fraction of sp³-hybridized carbons (Fsp3) is 0.240. The van der Waals surface area contributed by atoms with Gasteiger partial charge in [0.05, 0.1) is 6.04 Å². The van der Waals surface area contributed by atoms with Gasteiger partial charge in [0.2, 0.25) is 0 Å². The first-order valence-electron chi connectivity index (χ1n) is 10.5. The average Bonchev–Trinajstić information content (AvgIpc) is 3.27. The highest BCUT2D eigenvalue weighted by Gasteiger charge is 2.35. The molecule has 3 N–H and O–H groups in total. The fourth-order valence-corrected chi connectivity index (χ4v) is 3.85. The molecule has 1 aromatic heterocycles. The number of hydrogen-bond acceptors (Lipinski definition) is 5. The molecule has 164 valence electrons. The number of rotatable bonds is 6. The minimum absolute atomic E-state index is 0.348. The number of aliphatic hydroxyl groups is 2. The van der Waals surface area contributed by atoms with Gasteiger partial charge >= 0.3 is 0 Å². The Kier molecular flexibility index (Phi) is 6.30. The number of fused-ring (bicyclic) bond motifs is 1. The van der Waals surface area contributed by atoms with Crippen LogP contribution < -0.4 is 5.32 Å². The summed E-state index contributed by atoms with van der Waals surface area (Å²) in [5.41, 5.74) is 4.87. The van der Waals surface area contributed by atoms with Crippen molar-refractivity contribution in [1.29, 1.82) is 0 Å². The van der Waals surface area contributed by atoms with Gasteiger partial charge in [-0.25, -0.2) is 0 Å². The lowest BCUT2D eigenvalue weighted by molar-refractivity contribution is -0.153. The lowest BCUT2D eigenvalue weighted by atomic mass is 10.0. The van der Waals surface area contributed by atoms with Crippen molar-refractivity contribution in [3.63, 3.8) is 0 Å². The highest BCUT2D eigenvalue weighted by atomic mass is 16.3. The maximum absolute atomic E-state index is 12.6. The lowest BCUT2D eigenvalue weighted by Gasteiger charge is -2.24. The quantitative estimate of drug-likeness (QED) is 0.555. The second-order valence-corrected chi connectivity index (χ2v) is 7.94. The summed E-state index contributed by atoms with van der Waals surface area (Å²) in [6.45, 7) is 2.47. The number of nitrogens with zero attached hydrogens (tertiary/aromatic N) is 2. The van der Waals surface area contributed by atoms with Gasteiger partial charge in [-0.3, -0.25) is 14.6 Å². The predicted octanol–water partition coefficient (Wildman–Crippen LogP) is 2.19. The topological polar surface area (TPSA) is 103 Å². The van der Waals surface area contributed by atoms with Crippen LogP contribution in [0.15, 0.2) is 73.1 Å². The minimum atomic E-state index is -1.86. The smallest absolute Gasteiger partial charge is 0.255 e. The van der Waals surface area contributed by atoms with Gasteiger partial charge in [0, 0.05) is 25.5 Å². The van der Waals surface area contributed by atoms with Gasteiger partial charge in [-0.1, -0.05) is 48.5 Å². The van der Waals surface area contributed by atoms with E-state index in [9.17, 15) is 19.8 Å². The Hall–Kier alpha value is -3.55. The summed E-state index contributed by atoms with van der Waals surface area (Å²) in [6, 6.07) is 18.7. The molecule has 3 aromatic rings. The van der Waals surface area contributed by atoms with Crippen molar-refractivity contribution in [2.75, 3.05) is 0 Å². The number of pyridine rings is 1. The number of nitrogens with one attached hydrogen (secondary N) is 1. The summed E-state index contributed by atoms with van der Waals surface area (Å²) in [5.74, 6) is -1.47. The summed E-state index contributed by atoms with van der Waals surface area (Å²) in [5, 5.41) is 23.3. The summed E-state index contributed by atoms with van der Waals surface area (Å²) >= 11 is 0. The van der Waals surface area contributed by atoms with E-state index in [1.807, 2.05) is 60.7 Å². The van der Waals surface area contributed by atoms with E-state index in [2.05, 4.69) is 10.3 Å². The molecular weight excluding hydrogens is 406 g/mol. The fourth-order valence-electron chi connectivity index (χ4n) is 3.85. The van der Waals surface area contributed by atoms with Crippen LogP contribution in [0.25, 0.3) is 11.1 Å². The van der Waals surface area contributed by atoms with Gasteiger partial charge in [-0.15, -0.1) is 0 Å². The van der Waals surface area contributed by atoms with Crippen molar-refractivity contribution in [3.05, 3.63) is 89.7 Å². The van der Waals surface area contributed by atoms with Crippen LogP contribution >= 0.6 is 0 Å². The largest absolute Gasteiger partial charge is 0.380 e. The lowest BCUT2D eigenvalue weighted by Crippen LogP contribution is -2.50. The average molecular weight is 431 g/mol. The normalized spacial score (nSPS) is 15.5. The number of aliphatic hydroxyl groups excluding tert-OH is 2. The van der Waals surface area contributed by atoms with E-state index < -0.39 is 30.1 Å². The molecule has 0 radical (unpaired) electrons. The number of amides is 2. The molecular formula is C25H25N3O4. The molecule has 4 rings (SSSR count). The van der Waals surface area contributed by atoms with Gasteiger partial charge in [0.15, 0.2) is 12.2 Å². The van der Waals surface area contributed by atoms with E-state index in [0.29, 0.717) is 13.1 Å². The summed E-state index contributed by atoms with van der Waals surface area (Å²) < 4.78 is 0. The van der Waals surface area contributed by atoms with E-state index in [0.717, 1.165) is 27.8 Å². The van der Waals surface area contributed by atoms with Crippen LogP contribution in [0.2, 0.25) is 0 Å². The molecule has 32 heavy (non-hydrogen) atoms. The molecule has 0 saturated carbocycles. The zero-order valence-corrected chi connectivity index (χ0v) is 17.7. The first kappa shape index (κ1) is 21.7. The van der Waals surface area contributed by atoms with Gasteiger partial charge in [0.25, 0.3) is 11.8 Å². The van der Waals surface area contributed by atoms with Crippen LogP contribution in [-0.4, -0.2) is 44.1 Å². The standard InChI is InChI=1S/C25H25N3O4/c1-16(17-6-8-18(9-7-17)19-10-12-26-13-11-19)27-24(31)22(29)23(30)25(32)28-14-20-4-2-3-5-21(20)15-28/h2-13,16,22-23,29-30H,14-15H2,1H3,(H,27,31)/t16-,22-,23-/m1/s1. The van der Waals surface area contributed by atoms with E-state index in [1.54, 1.807) is 19.3 Å². The Morgan fingerprint density at radius 3 is 2.03 bits per heavy atom. The van der Waals surface area contributed by atoms with Crippen molar-refractivity contribution >= 4 is 11.8 Å². The third kappa shape index (κ3) is 4.54.